The molecule has 0 spiro atoms. The highest BCUT2D eigenvalue weighted by molar-refractivity contribution is 6.74. The molecular formula is C33H56O2Si. The van der Waals surface area contributed by atoms with Crippen molar-refractivity contribution < 1.29 is 9.16 Å². The van der Waals surface area contributed by atoms with Crippen LogP contribution >= 0.6 is 0 Å². The Balaban J connectivity index is 1.35. The van der Waals surface area contributed by atoms with Gasteiger partial charge in [0, 0.05) is 5.41 Å². The van der Waals surface area contributed by atoms with Gasteiger partial charge in [-0.3, -0.25) is 0 Å². The lowest BCUT2D eigenvalue weighted by atomic mass is 9.50. The van der Waals surface area contributed by atoms with Gasteiger partial charge >= 0.3 is 0 Å². The zero-order valence-corrected chi connectivity index (χ0v) is 26.2. The van der Waals surface area contributed by atoms with E-state index in [-0.39, 0.29) is 16.6 Å². The number of allylic oxidation sites excluding steroid dienone is 3. The summed E-state index contributed by atoms with van der Waals surface area (Å²) < 4.78 is 13.5. The first kappa shape index (κ1) is 27.2. The summed E-state index contributed by atoms with van der Waals surface area (Å²) in [5, 5.41) is 0.241. The SMILES string of the molecule is CC(C)CCC[C@@H](C)[C@H]1CC[C@H]2C3=CC=C4C[C@@H](O[Si](C)(C)C(C)(C)C)[C@@H]5O[C@@H]5[C@]4(C)[C@H]3CC[C@]12C. The molecule has 0 radical (unpaired) electrons. The molecule has 1 saturated heterocycles. The fraction of sp³-hybridized carbons (Fsp3) is 0.879. The maximum absolute atomic E-state index is 6.95. The average Bonchev–Trinajstić information content (AvgIpc) is 3.50. The summed E-state index contributed by atoms with van der Waals surface area (Å²) in [5.74, 6) is 4.05. The maximum Gasteiger partial charge on any atom is 0.192 e. The van der Waals surface area contributed by atoms with E-state index in [1.807, 2.05) is 0 Å². The van der Waals surface area contributed by atoms with E-state index in [0.29, 0.717) is 23.5 Å². The third-order valence-corrected chi connectivity index (χ3v) is 16.9. The maximum atomic E-state index is 6.95. The average molecular weight is 513 g/mol. The second-order valence-electron chi connectivity index (χ2n) is 15.9. The molecule has 0 unspecified atom stereocenters. The summed E-state index contributed by atoms with van der Waals surface area (Å²) in [6.45, 7) is 24.4. The molecular weight excluding hydrogens is 456 g/mol. The molecule has 5 aliphatic rings. The summed E-state index contributed by atoms with van der Waals surface area (Å²) >= 11 is 0. The van der Waals surface area contributed by atoms with Gasteiger partial charge in [-0.2, -0.15) is 0 Å². The lowest BCUT2D eigenvalue weighted by molar-refractivity contribution is 0.0412. The summed E-state index contributed by atoms with van der Waals surface area (Å²) in [6, 6.07) is 0. The standard InChI is InChI=1S/C33H56O2Si/c1-21(2)12-11-13-22(3)25-16-17-26-24-15-14-23-20-28(35-36(9,10)31(4,5)6)29-30(34-29)33(23,8)27(24)18-19-32(25,26)7/h14-15,21-22,25-30H,11-13,16-20H2,1-10H3/t22-,25-,26+,27+,28-,29+,30+,32-,33+/m1/s1. The van der Waals surface area contributed by atoms with Crippen molar-refractivity contribution in [2.45, 2.75) is 143 Å². The molecule has 0 aromatic heterocycles. The minimum atomic E-state index is -1.81. The fourth-order valence-electron chi connectivity index (χ4n) is 9.05. The van der Waals surface area contributed by atoms with Gasteiger partial charge in [-0.25, -0.2) is 0 Å². The molecule has 3 saturated carbocycles. The lowest BCUT2D eigenvalue weighted by Gasteiger charge is -2.54. The Morgan fingerprint density at radius 3 is 2.42 bits per heavy atom. The van der Waals surface area contributed by atoms with Gasteiger partial charge < -0.3 is 9.16 Å². The van der Waals surface area contributed by atoms with Gasteiger partial charge in [0.15, 0.2) is 8.32 Å². The van der Waals surface area contributed by atoms with Gasteiger partial charge in [-0.05, 0) is 85.2 Å². The monoisotopic (exact) mass is 512 g/mol. The molecule has 0 N–H and O–H groups in total. The Kier molecular flexibility index (Phi) is 6.86. The van der Waals surface area contributed by atoms with Crippen LogP contribution in [0.4, 0.5) is 0 Å². The Labute approximate surface area is 224 Å². The van der Waals surface area contributed by atoms with Crippen LogP contribution in [0.3, 0.4) is 0 Å². The zero-order chi connectivity index (χ0) is 26.3. The van der Waals surface area contributed by atoms with Gasteiger partial charge in [0.1, 0.15) is 6.10 Å². The van der Waals surface area contributed by atoms with Crippen molar-refractivity contribution in [3.8, 4) is 0 Å². The Bertz CT molecular complexity index is 909. The largest absolute Gasteiger partial charge is 0.411 e. The highest BCUT2D eigenvalue weighted by atomic mass is 28.4. The summed E-state index contributed by atoms with van der Waals surface area (Å²) in [6.07, 6.45) is 16.9. The first-order valence-electron chi connectivity index (χ1n) is 15.4. The van der Waals surface area contributed by atoms with Crippen molar-refractivity contribution in [1.82, 2.24) is 0 Å². The van der Waals surface area contributed by atoms with Crippen LogP contribution in [0.1, 0.15) is 107 Å². The molecule has 2 nitrogen and oxygen atoms in total. The van der Waals surface area contributed by atoms with Crippen molar-refractivity contribution in [1.29, 1.82) is 0 Å². The third-order valence-electron chi connectivity index (χ3n) is 12.4. The number of ether oxygens (including phenoxy) is 1. The van der Waals surface area contributed by atoms with E-state index in [4.69, 9.17) is 9.16 Å². The van der Waals surface area contributed by atoms with E-state index in [1.165, 1.54) is 44.9 Å². The van der Waals surface area contributed by atoms with E-state index in [2.05, 4.69) is 80.6 Å². The number of fused-ring (bicyclic) bond motifs is 7. The van der Waals surface area contributed by atoms with Crippen LogP contribution in [0.25, 0.3) is 0 Å². The van der Waals surface area contributed by atoms with Crippen LogP contribution < -0.4 is 0 Å². The van der Waals surface area contributed by atoms with Crippen molar-refractivity contribution in [2.75, 3.05) is 0 Å². The van der Waals surface area contributed by atoms with Crippen LogP contribution in [0, 0.1) is 40.4 Å². The van der Waals surface area contributed by atoms with Gasteiger partial charge in [-0.15, -0.1) is 0 Å². The highest BCUT2D eigenvalue weighted by Crippen LogP contribution is 2.68. The molecule has 204 valence electrons. The Morgan fingerprint density at radius 1 is 1.03 bits per heavy atom. The quantitative estimate of drug-likeness (QED) is 0.250. The highest BCUT2D eigenvalue weighted by Gasteiger charge is 2.67. The second kappa shape index (κ2) is 9.09. The first-order valence-corrected chi connectivity index (χ1v) is 18.4. The summed E-state index contributed by atoms with van der Waals surface area (Å²) in [5.41, 5.74) is 4.10. The topological polar surface area (TPSA) is 21.8 Å². The molecule has 0 bridgehead atoms. The predicted molar refractivity (Wildman–Crippen MR) is 155 cm³/mol. The fourth-order valence-corrected chi connectivity index (χ4v) is 10.4. The van der Waals surface area contributed by atoms with Gasteiger partial charge in [0.2, 0.25) is 0 Å². The number of epoxide rings is 1. The molecule has 4 fully saturated rings. The van der Waals surface area contributed by atoms with Crippen molar-refractivity contribution in [3.63, 3.8) is 0 Å². The lowest BCUT2D eigenvalue weighted by Crippen LogP contribution is -2.52. The minimum absolute atomic E-state index is 0.185. The van der Waals surface area contributed by atoms with Crippen LogP contribution in [0.15, 0.2) is 23.3 Å². The molecule has 0 aromatic carbocycles. The Morgan fingerprint density at radius 2 is 1.75 bits per heavy atom. The normalized spacial score (nSPS) is 42.6. The molecule has 1 heterocycles. The van der Waals surface area contributed by atoms with Crippen molar-refractivity contribution in [2.24, 2.45) is 40.4 Å². The molecule has 0 aromatic rings. The van der Waals surface area contributed by atoms with Crippen molar-refractivity contribution >= 4 is 8.32 Å². The van der Waals surface area contributed by atoms with Gasteiger partial charge in [0.05, 0.1) is 12.2 Å². The zero-order valence-electron chi connectivity index (χ0n) is 25.2. The first-order chi connectivity index (χ1) is 16.7. The van der Waals surface area contributed by atoms with Crippen LogP contribution in [-0.2, 0) is 9.16 Å². The van der Waals surface area contributed by atoms with Crippen LogP contribution in [-0.4, -0.2) is 26.6 Å². The molecule has 4 aliphatic carbocycles. The number of hydrogen-bond donors (Lipinski definition) is 0. The number of hydrogen-bond acceptors (Lipinski definition) is 2. The summed E-state index contributed by atoms with van der Waals surface area (Å²) in [4.78, 5) is 0. The van der Waals surface area contributed by atoms with E-state index in [1.54, 1.807) is 11.1 Å². The molecule has 1 aliphatic heterocycles. The number of rotatable bonds is 7. The van der Waals surface area contributed by atoms with Gasteiger partial charge in [0.25, 0.3) is 0 Å². The third kappa shape index (κ3) is 4.26. The van der Waals surface area contributed by atoms with E-state index < -0.39 is 8.32 Å². The van der Waals surface area contributed by atoms with Gasteiger partial charge in [-0.1, -0.05) is 98.0 Å². The molecule has 5 rings (SSSR count). The minimum Gasteiger partial charge on any atom is -0.411 e. The molecule has 36 heavy (non-hydrogen) atoms. The smallest absolute Gasteiger partial charge is 0.192 e. The summed E-state index contributed by atoms with van der Waals surface area (Å²) in [7, 11) is -1.81. The van der Waals surface area contributed by atoms with Crippen LogP contribution in [0.5, 0.6) is 0 Å². The molecule has 9 atom stereocenters. The van der Waals surface area contributed by atoms with E-state index >= 15 is 0 Å². The predicted octanol–water partition coefficient (Wildman–Crippen LogP) is 9.33. The van der Waals surface area contributed by atoms with Crippen LogP contribution in [0.2, 0.25) is 18.1 Å². The second-order valence-corrected chi connectivity index (χ2v) is 20.7. The van der Waals surface area contributed by atoms with E-state index in [9.17, 15) is 0 Å². The molecule has 0 amide bonds. The van der Waals surface area contributed by atoms with Crippen molar-refractivity contribution in [3.05, 3.63) is 23.3 Å². The molecule has 3 heteroatoms. The Hall–Kier alpha value is -0.383. The van der Waals surface area contributed by atoms with E-state index in [0.717, 1.165) is 30.1 Å².